The molecule has 0 aliphatic heterocycles. The maximum Gasteiger partial charge on any atom is 0.128 e. The molecule has 3 heteroatoms. The Kier molecular flexibility index (Phi) is 4.54. The summed E-state index contributed by atoms with van der Waals surface area (Å²) in [5.74, 6) is 1.43. The van der Waals surface area contributed by atoms with Crippen LogP contribution in [0.4, 0.5) is 0 Å². The van der Waals surface area contributed by atoms with Crippen molar-refractivity contribution in [1.29, 1.82) is 5.26 Å². The van der Waals surface area contributed by atoms with Crippen LogP contribution in [0.25, 0.3) is 0 Å². The fourth-order valence-corrected chi connectivity index (χ4v) is 1.71. The van der Waals surface area contributed by atoms with Crippen LogP contribution in [0.15, 0.2) is 48.5 Å². The van der Waals surface area contributed by atoms with E-state index in [9.17, 15) is 0 Å². The van der Waals surface area contributed by atoms with E-state index in [0.29, 0.717) is 17.9 Å². The molecular weight excluding hydrogens is 238 g/mol. The van der Waals surface area contributed by atoms with Gasteiger partial charge in [0, 0.05) is 7.11 Å². The van der Waals surface area contributed by atoms with E-state index in [1.54, 1.807) is 25.3 Å². The highest BCUT2D eigenvalue weighted by Crippen LogP contribution is 2.22. The minimum Gasteiger partial charge on any atom is -0.457 e. The lowest BCUT2D eigenvalue weighted by Crippen LogP contribution is -1.94. The second-order valence-corrected chi connectivity index (χ2v) is 4.13. The maximum atomic E-state index is 8.83. The van der Waals surface area contributed by atoms with Crippen molar-refractivity contribution in [2.75, 3.05) is 13.7 Å². The first-order valence-electron chi connectivity index (χ1n) is 6.08. The lowest BCUT2D eigenvalue weighted by atomic mass is 10.1. The minimum atomic E-state index is 0.592. The molecule has 0 bridgehead atoms. The smallest absolute Gasteiger partial charge is 0.128 e. The Labute approximate surface area is 113 Å². The molecule has 2 aromatic carbocycles. The molecular formula is C16H15NO2. The highest BCUT2D eigenvalue weighted by Gasteiger charge is 1.99. The minimum absolute atomic E-state index is 0.592. The zero-order valence-corrected chi connectivity index (χ0v) is 10.8. The SMILES string of the molecule is COCCc1ccc(Oc2cccc(C#N)c2)cc1. The third-order valence-corrected chi connectivity index (χ3v) is 2.72. The van der Waals surface area contributed by atoms with Crippen LogP contribution in [-0.2, 0) is 11.2 Å². The number of nitrogens with zero attached hydrogens (tertiary/aromatic N) is 1. The van der Waals surface area contributed by atoms with Gasteiger partial charge in [0.05, 0.1) is 18.2 Å². The largest absolute Gasteiger partial charge is 0.457 e. The van der Waals surface area contributed by atoms with E-state index in [1.807, 2.05) is 30.3 Å². The molecule has 0 amide bonds. The maximum absolute atomic E-state index is 8.83. The van der Waals surface area contributed by atoms with Crippen LogP contribution in [0.5, 0.6) is 11.5 Å². The number of hydrogen-bond donors (Lipinski definition) is 0. The van der Waals surface area contributed by atoms with Gasteiger partial charge in [-0.25, -0.2) is 0 Å². The summed E-state index contributed by atoms with van der Waals surface area (Å²) >= 11 is 0. The molecule has 3 nitrogen and oxygen atoms in total. The van der Waals surface area contributed by atoms with Gasteiger partial charge in [0.15, 0.2) is 0 Å². The van der Waals surface area contributed by atoms with Gasteiger partial charge in [0.25, 0.3) is 0 Å². The Morgan fingerprint density at radius 2 is 1.84 bits per heavy atom. The van der Waals surface area contributed by atoms with Gasteiger partial charge in [-0.05, 0) is 42.3 Å². The van der Waals surface area contributed by atoms with E-state index >= 15 is 0 Å². The van der Waals surface area contributed by atoms with Crippen molar-refractivity contribution < 1.29 is 9.47 Å². The van der Waals surface area contributed by atoms with Gasteiger partial charge in [-0.3, -0.25) is 0 Å². The van der Waals surface area contributed by atoms with E-state index < -0.39 is 0 Å². The number of rotatable bonds is 5. The van der Waals surface area contributed by atoms with E-state index in [1.165, 1.54) is 5.56 Å². The van der Waals surface area contributed by atoms with Crippen molar-refractivity contribution in [3.8, 4) is 17.6 Å². The summed E-state index contributed by atoms with van der Waals surface area (Å²) in [6, 6.07) is 17.1. The first-order chi connectivity index (χ1) is 9.31. The van der Waals surface area contributed by atoms with Crippen molar-refractivity contribution in [2.45, 2.75) is 6.42 Å². The average molecular weight is 253 g/mol. The summed E-state index contributed by atoms with van der Waals surface area (Å²) in [6.45, 7) is 0.713. The average Bonchev–Trinajstić information content (AvgIpc) is 2.47. The molecule has 0 saturated carbocycles. The normalized spacial score (nSPS) is 9.89. The van der Waals surface area contributed by atoms with Gasteiger partial charge < -0.3 is 9.47 Å². The van der Waals surface area contributed by atoms with E-state index in [0.717, 1.165) is 12.2 Å². The zero-order chi connectivity index (χ0) is 13.5. The molecule has 0 atom stereocenters. The molecule has 0 saturated heterocycles. The van der Waals surface area contributed by atoms with Gasteiger partial charge in [-0.1, -0.05) is 18.2 Å². The Morgan fingerprint density at radius 1 is 1.05 bits per heavy atom. The molecule has 0 N–H and O–H groups in total. The van der Waals surface area contributed by atoms with Crippen LogP contribution < -0.4 is 4.74 Å². The van der Waals surface area contributed by atoms with Crippen LogP contribution >= 0.6 is 0 Å². The third kappa shape index (κ3) is 3.84. The molecule has 0 unspecified atom stereocenters. The Morgan fingerprint density at radius 3 is 2.53 bits per heavy atom. The fraction of sp³-hybridized carbons (Fsp3) is 0.188. The Bertz CT molecular complexity index is 570. The van der Waals surface area contributed by atoms with Crippen molar-refractivity contribution in [1.82, 2.24) is 0 Å². The molecule has 19 heavy (non-hydrogen) atoms. The highest BCUT2D eigenvalue weighted by molar-refractivity contribution is 5.39. The van der Waals surface area contributed by atoms with Crippen LogP contribution in [0, 0.1) is 11.3 Å². The van der Waals surface area contributed by atoms with Crippen molar-refractivity contribution in [3.63, 3.8) is 0 Å². The van der Waals surface area contributed by atoms with Crippen LogP contribution in [0.3, 0.4) is 0 Å². The monoisotopic (exact) mass is 253 g/mol. The van der Waals surface area contributed by atoms with Crippen LogP contribution in [-0.4, -0.2) is 13.7 Å². The van der Waals surface area contributed by atoms with Crippen LogP contribution in [0.2, 0.25) is 0 Å². The summed E-state index contributed by atoms with van der Waals surface area (Å²) in [4.78, 5) is 0. The molecule has 0 aliphatic carbocycles. The first kappa shape index (κ1) is 13.1. The standard InChI is InChI=1S/C16H15NO2/c1-18-10-9-13-5-7-15(8-6-13)19-16-4-2-3-14(11-16)12-17/h2-8,11H,9-10H2,1H3. The number of methoxy groups -OCH3 is 1. The zero-order valence-electron chi connectivity index (χ0n) is 10.8. The van der Waals surface area contributed by atoms with Gasteiger partial charge in [-0.15, -0.1) is 0 Å². The second kappa shape index (κ2) is 6.58. The summed E-state index contributed by atoms with van der Waals surface area (Å²) in [5.41, 5.74) is 1.80. The quantitative estimate of drug-likeness (QED) is 0.818. The van der Waals surface area contributed by atoms with E-state index in [-0.39, 0.29) is 0 Å². The molecule has 0 fully saturated rings. The summed E-state index contributed by atoms with van der Waals surface area (Å²) in [6.07, 6.45) is 0.890. The highest BCUT2D eigenvalue weighted by atomic mass is 16.5. The molecule has 0 aliphatic rings. The first-order valence-corrected chi connectivity index (χ1v) is 6.08. The summed E-state index contributed by atoms with van der Waals surface area (Å²) in [5, 5.41) is 8.83. The van der Waals surface area contributed by atoms with Gasteiger partial charge in [0.2, 0.25) is 0 Å². The molecule has 0 heterocycles. The van der Waals surface area contributed by atoms with Crippen molar-refractivity contribution >= 4 is 0 Å². The second-order valence-electron chi connectivity index (χ2n) is 4.13. The molecule has 0 radical (unpaired) electrons. The summed E-state index contributed by atoms with van der Waals surface area (Å²) in [7, 11) is 1.69. The number of nitriles is 1. The lowest BCUT2D eigenvalue weighted by Gasteiger charge is -2.07. The van der Waals surface area contributed by atoms with Crippen molar-refractivity contribution in [2.24, 2.45) is 0 Å². The number of ether oxygens (including phenoxy) is 2. The molecule has 96 valence electrons. The predicted molar refractivity (Wildman–Crippen MR) is 73.3 cm³/mol. The Hall–Kier alpha value is -2.31. The topological polar surface area (TPSA) is 42.2 Å². The predicted octanol–water partition coefficient (Wildman–Crippen LogP) is 3.54. The van der Waals surface area contributed by atoms with Crippen molar-refractivity contribution in [3.05, 3.63) is 59.7 Å². The Balaban J connectivity index is 2.04. The molecule has 2 aromatic rings. The number of hydrogen-bond acceptors (Lipinski definition) is 3. The summed E-state index contributed by atoms with van der Waals surface area (Å²) < 4.78 is 10.7. The third-order valence-electron chi connectivity index (χ3n) is 2.72. The fourth-order valence-electron chi connectivity index (χ4n) is 1.71. The molecule has 0 spiro atoms. The van der Waals surface area contributed by atoms with Crippen LogP contribution in [0.1, 0.15) is 11.1 Å². The molecule has 2 rings (SSSR count). The van der Waals surface area contributed by atoms with E-state index in [2.05, 4.69) is 6.07 Å². The van der Waals surface area contributed by atoms with E-state index in [4.69, 9.17) is 14.7 Å². The van der Waals surface area contributed by atoms with Gasteiger partial charge in [-0.2, -0.15) is 5.26 Å². The van der Waals surface area contributed by atoms with Gasteiger partial charge >= 0.3 is 0 Å². The lowest BCUT2D eigenvalue weighted by molar-refractivity contribution is 0.202. The molecule has 0 aromatic heterocycles. The van der Waals surface area contributed by atoms with Gasteiger partial charge in [0.1, 0.15) is 11.5 Å². The number of benzene rings is 2.